The monoisotopic (exact) mass is 286 g/mol. The van der Waals surface area contributed by atoms with E-state index >= 15 is 0 Å². The van der Waals surface area contributed by atoms with Crippen molar-refractivity contribution in [2.24, 2.45) is 0 Å². The second-order valence-corrected chi connectivity index (χ2v) is 3.69. The number of carbonyl (C=O) groups excluding carboxylic acids is 1. The molecule has 20 heavy (non-hydrogen) atoms. The summed E-state index contributed by atoms with van der Waals surface area (Å²) in [4.78, 5) is 18.2. The van der Waals surface area contributed by atoms with Crippen molar-refractivity contribution in [3.63, 3.8) is 0 Å². The summed E-state index contributed by atoms with van der Waals surface area (Å²) in [5, 5.41) is 2.41. The molecular weight excluding hydrogens is 277 g/mol. The number of amides is 1. The van der Waals surface area contributed by atoms with Crippen LogP contribution in [0, 0.1) is 0 Å². The second-order valence-electron chi connectivity index (χ2n) is 3.69. The molecule has 1 amide bonds. The molecule has 0 spiro atoms. The number of halogens is 3. The number of nitrogens with zero attached hydrogens (tertiary/aromatic N) is 1. The number of aromatic nitrogens is 2. The molecule has 0 aliphatic rings. The molecule has 0 aliphatic carbocycles. The maximum absolute atomic E-state index is 12.1. The number of nitrogens with two attached hydrogens (primary N) is 1. The molecule has 0 aliphatic heterocycles. The molecule has 0 bridgehead atoms. The average Bonchev–Trinajstić information content (AvgIpc) is 2.83. The molecule has 1 aromatic heterocycles. The van der Waals surface area contributed by atoms with E-state index in [1.165, 1.54) is 12.4 Å². The number of H-pyrrole nitrogens is 1. The lowest BCUT2D eigenvalue weighted by molar-refractivity contribution is -0.274. The predicted octanol–water partition coefficient (Wildman–Crippen LogP) is 2.14. The molecule has 2 aromatic rings. The number of nitrogen functional groups attached to an aromatic ring is 1. The summed E-state index contributed by atoms with van der Waals surface area (Å²) in [6, 6.07) is 3.22. The van der Waals surface area contributed by atoms with E-state index in [0.29, 0.717) is 0 Å². The Morgan fingerprint density at radius 2 is 2.15 bits per heavy atom. The van der Waals surface area contributed by atoms with Crippen molar-refractivity contribution < 1.29 is 22.7 Å². The van der Waals surface area contributed by atoms with Gasteiger partial charge in [0.1, 0.15) is 0 Å². The van der Waals surface area contributed by atoms with Crippen molar-refractivity contribution in [2.45, 2.75) is 6.36 Å². The summed E-state index contributed by atoms with van der Waals surface area (Å²) in [6.45, 7) is 0. The average molecular weight is 286 g/mol. The maximum atomic E-state index is 12.1. The Hall–Kier alpha value is -2.71. The quantitative estimate of drug-likeness (QED) is 0.754. The Labute approximate surface area is 110 Å². The lowest BCUT2D eigenvalue weighted by Gasteiger charge is -2.11. The lowest BCUT2D eigenvalue weighted by Crippen LogP contribution is -2.18. The van der Waals surface area contributed by atoms with Crippen LogP contribution in [0.1, 0.15) is 10.4 Å². The van der Waals surface area contributed by atoms with E-state index in [1.54, 1.807) is 0 Å². The number of benzene rings is 1. The van der Waals surface area contributed by atoms with Crippen LogP contribution in [0.2, 0.25) is 0 Å². The smallest absolute Gasteiger partial charge is 0.404 e. The molecule has 0 saturated heterocycles. The van der Waals surface area contributed by atoms with Crippen molar-refractivity contribution in [3.05, 3.63) is 36.2 Å². The number of anilines is 2. The van der Waals surface area contributed by atoms with E-state index < -0.39 is 18.0 Å². The number of alkyl halides is 3. The summed E-state index contributed by atoms with van der Waals surface area (Å²) in [7, 11) is 0. The number of carbonyl (C=O) groups is 1. The Morgan fingerprint density at radius 3 is 2.70 bits per heavy atom. The van der Waals surface area contributed by atoms with Crippen LogP contribution in [0.3, 0.4) is 0 Å². The largest absolute Gasteiger partial charge is 0.573 e. The van der Waals surface area contributed by atoms with Crippen LogP contribution in [-0.2, 0) is 0 Å². The molecule has 0 atom stereocenters. The summed E-state index contributed by atoms with van der Waals surface area (Å²) in [5.74, 6) is -0.915. The van der Waals surface area contributed by atoms with Gasteiger partial charge in [0.25, 0.3) is 5.91 Å². The summed E-state index contributed by atoms with van der Waals surface area (Å²) < 4.78 is 39.9. The molecule has 106 valence electrons. The number of aromatic amines is 1. The fourth-order valence-electron chi connectivity index (χ4n) is 1.42. The Balaban J connectivity index is 2.14. The highest BCUT2D eigenvalue weighted by Gasteiger charge is 2.32. The molecule has 0 fully saturated rings. The van der Waals surface area contributed by atoms with Gasteiger partial charge >= 0.3 is 6.36 Å². The normalized spacial score (nSPS) is 11.2. The standard InChI is InChI=1S/C11H9F3N4O2/c12-11(13,14)20-8-2-1-6(5-7(8)15)9(19)18-10-16-3-4-17-10/h1-5H,15H2,(H2,16,17,18,19). The molecule has 0 saturated carbocycles. The zero-order valence-corrected chi connectivity index (χ0v) is 9.86. The highest BCUT2D eigenvalue weighted by atomic mass is 19.4. The third-order valence-electron chi connectivity index (χ3n) is 2.23. The highest BCUT2D eigenvalue weighted by molar-refractivity contribution is 6.04. The molecule has 1 heterocycles. The van der Waals surface area contributed by atoms with Crippen molar-refractivity contribution in [3.8, 4) is 5.75 Å². The Kier molecular flexibility index (Phi) is 3.51. The van der Waals surface area contributed by atoms with Gasteiger partial charge in [-0.2, -0.15) is 0 Å². The number of ether oxygens (including phenoxy) is 1. The summed E-state index contributed by atoms with van der Waals surface area (Å²) in [5.41, 5.74) is 5.19. The fraction of sp³-hybridized carbons (Fsp3) is 0.0909. The van der Waals surface area contributed by atoms with E-state index in [2.05, 4.69) is 20.0 Å². The second kappa shape index (κ2) is 5.11. The number of hydrogen-bond donors (Lipinski definition) is 3. The molecule has 0 unspecified atom stereocenters. The zero-order valence-electron chi connectivity index (χ0n) is 9.86. The lowest BCUT2D eigenvalue weighted by atomic mass is 10.2. The van der Waals surface area contributed by atoms with Gasteiger partial charge in [0, 0.05) is 18.0 Å². The van der Waals surface area contributed by atoms with E-state index in [0.717, 1.165) is 18.2 Å². The van der Waals surface area contributed by atoms with Crippen LogP contribution in [0.25, 0.3) is 0 Å². The fourth-order valence-corrected chi connectivity index (χ4v) is 1.42. The van der Waals surface area contributed by atoms with Gasteiger partial charge in [-0.15, -0.1) is 13.2 Å². The van der Waals surface area contributed by atoms with Crippen LogP contribution in [0.15, 0.2) is 30.6 Å². The van der Waals surface area contributed by atoms with Crippen molar-refractivity contribution in [1.82, 2.24) is 9.97 Å². The summed E-state index contributed by atoms with van der Waals surface area (Å²) >= 11 is 0. The molecule has 2 rings (SSSR count). The van der Waals surface area contributed by atoms with Crippen molar-refractivity contribution in [1.29, 1.82) is 0 Å². The van der Waals surface area contributed by atoms with Crippen LogP contribution in [0.5, 0.6) is 5.75 Å². The van der Waals surface area contributed by atoms with Gasteiger partial charge < -0.3 is 15.5 Å². The number of nitrogens with one attached hydrogen (secondary N) is 2. The first-order chi connectivity index (χ1) is 9.35. The third-order valence-corrected chi connectivity index (χ3v) is 2.23. The third kappa shape index (κ3) is 3.40. The first-order valence-corrected chi connectivity index (χ1v) is 5.31. The molecular formula is C11H9F3N4O2. The minimum Gasteiger partial charge on any atom is -0.404 e. The van der Waals surface area contributed by atoms with E-state index in [-0.39, 0.29) is 17.2 Å². The Morgan fingerprint density at radius 1 is 1.40 bits per heavy atom. The first kappa shape index (κ1) is 13.7. The zero-order chi connectivity index (χ0) is 14.8. The van der Waals surface area contributed by atoms with Gasteiger partial charge in [0.2, 0.25) is 5.95 Å². The number of rotatable bonds is 3. The maximum Gasteiger partial charge on any atom is 0.573 e. The number of imidazole rings is 1. The van der Waals surface area contributed by atoms with Gasteiger partial charge in [-0.1, -0.05) is 0 Å². The van der Waals surface area contributed by atoms with Crippen LogP contribution in [0.4, 0.5) is 24.8 Å². The van der Waals surface area contributed by atoms with Crippen molar-refractivity contribution >= 4 is 17.5 Å². The molecule has 6 nitrogen and oxygen atoms in total. The van der Waals surface area contributed by atoms with Gasteiger partial charge in [-0.3, -0.25) is 10.1 Å². The molecule has 9 heteroatoms. The highest BCUT2D eigenvalue weighted by Crippen LogP contribution is 2.29. The van der Waals surface area contributed by atoms with Crippen LogP contribution in [-0.4, -0.2) is 22.2 Å². The van der Waals surface area contributed by atoms with E-state index in [4.69, 9.17) is 5.73 Å². The first-order valence-electron chi connectivity index (χ1n) is 5.31. The predicted molar refractivity (Wildman–Crippen MR) is 64.1 cm³/mol. The van der Waals surface area contributed by atoms with E-state index in [9.17, 15) is 18.0 Å². The molecule has 0 radical (unpaired) electrons. The minimum absolute atomic E-state index is 0.0772. The van der Waals surface area contributed by atoms with E-state index in [1.807, 2.05) is 0 Å². The molecule has 4 N–H and O–H groups in total. The minimum atomic E-state index is -4.84. The topological polar surface area (TPSA) is 93.0 Å². The summed E-state index contributed by atoms with van der Waals surface area (Å²) in [6.07, 6.45) is -1.90. The van der Waals surface area contributed by atoms with Crippen LogP contribution < -0.4 is 15.8 Å². The van der Waals surface area contributed by atoms with Crippen molar-refractivity contribution in [2.75, 3.05) is 11.1 Å². The van der Waals surface area contributed by atoms with Gasteiger partial charge in [-0.25, -0.2) is 4.98 Å². The SMILES string of the molecule is Nc1cc(C(=O)Nc2ncc[nH]2)ccc1OC(F)(F)F. The van der Waals surface area contributed by atoms with Gasteiger partial charge in [-0.05, 0) is 18.2 Å². The van der Waals surface area contributed by atoms with Gasteiger partial charge in [0.05, 0.1) is 5.69 Å². The number of hydrogen-bond acceptors (Lipinski definition) is 4. The Bertz CT molecular complexity index is 611. The molecule has 1 aromatic carbocycles. The van der Waals surface area contributed by atoms with Crippen LogP contribution >= 0.6 is 0 Å². The van der Waals surface area contributed by atoms with Gasteiger partial charge in [0.15, 0.2) is 5.75 Å².